The van der Waals surface area contributed by atoms with E-state index < -0.39 is 0 Å². The third-order valence-electron chi connectivity index (χ3n) is 7.08. The summed E-state index contributed by atoms with van der Waals surface area (Å²) in [5, 5.41) is 4.58. The van der Waals surface area contributed by atoms with Crippen molar-refractivity contribution in [2.24, 2.45) is 0 Å². The Morgan fingerprint density at radius 2 is 1.84 bits per heavy atom. The number of benzene rings is 3. The van der Waals surface area contributed by atoms with Gasteiger partial charge in [-0.2, -0.15) is 0 Å². The maximum absolute atomic E-state index is 6.36. The summed E-state index contributed by atoms with van der Waals surface area (Å²) in [5.41, 5.74) is 7.95. The van der Waals surface area contributed by atoms with E-state index in [0.717, 1.165) is 54.0 Å². The number of halogens is 2. The fraction of sp³-hybridized carbons (Fsp3) is 0.290. The molecule has 5 rings (SSSR count). The molecule has 1 unspecified atom stereocenters. The Kier molecular flexibility index (Phi) is 8.09. The van der Waals surface area contributed by atoms with Gasteiger partial charge in [0.2, 0.25) is 5.95 Å². The minimum atomic E-state index is 0.174. The molecule has 6 heteroatoms. The van der Waals surface area contributed by atoms with E-state index in [1.54, 1.807) is 0 Å². The van der Waals surface area contributed by atoms with Gasteiger partial charge in [0, 0.05) is 29.9 Å². The highest BCUT2D eigenvalue weighted by atomic mass is 35.5. The van der Waals surface area contributed by atoms with Crippen molar-refractivity contribution in [2.75, 3.05) is 25.5 Å². The molecule has 0 saturated carbocycles. The predicted molar refractivity (Wildman–Crippen MR) is 155 cm³/mol. The van der Waals surface area contributed by atoms with Crippen molar-refractivity contribution >= 4 is 34.8 Å². The van der Waals surface area contributed by atoms with E-state index >= 15 is 0 Å². The van der Waals surface area contributed by atoms with Crippen LogP contribution >= 0.6 is 23.2 Å². The van der Waals surface area contributed by atoms with Crippen LogP contribution in [-0.4, -0.2) is 35.0 Å². The Hall–Kier alpha value is -2.92. The van der Waals surface area contributed by atoms with Crippen LogP contribution in [0.25, 0.3) is 11.3 Å². The highest BCUT2D eigenvalue weighted by molar-refractivity contribution is 6.42. The zero-order valence-electron chi connectivity index (χ0n) is 21.3. The molecule has 0 bridgehead atoms. The lowest BCUT2D eigenvalue weighted by molar-refractivity contribution is 0.332. The summed E-state index contributed by atoms with van der Waals surface area (Å²) in [6.07, 6.45) is 6.25. The first-order valence-electron chi connectivity index (χ1n) is 13.0. The molecular formula is C31H32Cl2N4. The van der Waals surface area contributed by atoms with Crippen molar-refractivity contribution in [3.63, 3.8) is 0 Å². The second-order valence-electron chi connectivity index (χ2n) is 9.82. The average Bonchev–Trinajstić information content (AvgIpc) is 2.92. The molecule has 0 fully saturated rings. The first-order valence-corrected chi connectivity index (χ1v) is 13.7. The molecular weight excluding hydrogens is 499 g/mol. The maximum Gasteiger partial charge on any atom is 0.227 e. The smallest absolute Gasteiger partial charge is 0.227 e. The van der Waals surface area contributed by atoms with Crippen LogP contribution in [0.1, 0.15) is 47.9 Å². The van der Waals surface area contributed by atoms with Gasteiger partial charge in [-0.1, -0.05) is 79.0 Å². The fourth-order valence-electron chi connectivity index (χ4n) is 5.02. The second kappa shape index (κ2) is 11.6. The molecule has 0 aliphatic heterocycles. The van der Waals surface area contributed by atoms with Gasteiger partial charge in [0.15, 0.2) is 0 Å². The normalized spacial score (nSPS) is 14.4. The number of nitrogens with zero attached hydrogens (tertiary/aromatic N) is 3. The maximum atomic E-state index is 6.36. The van der Waals surface area contributed by atoms with Gasteiger partial charge in [-0.25, -0.2) is 9.97 Å². The average molecular weight is 532 g/mol. The Morgan fingerprint density at radius 1 is 0.973 bits per heavy atom. The quantitative estimate of drug-likeness (QED) is 0.237. The summed E-state index contributed by atoms with van der Waals surface area (Å²) in [5.74, 6) is 0.784. The molecule has 3 aromatic carbocycles. The van der Waals surface area contributed by atoms with Crippen LogP contribution < -0.4 is 5.32 Å². The van der Waals surface area contributed by atoms with Gasteiger partial charge in [0.05, 0.1) is 15.7 Å². The molecule has 190 valence electrons. The Balaban J connectivity index is 1.36. The van der Waals surface area contributed by atoms with Gasteiger partial charge >= 0.3 is 0 Å². The highest BCUT2D eigenvalue weighted by Crippen LogP contribution is 2.43. The molecule has 0 spiro atoms. The van der Waals surface area contributed by atoms with Gasteiger partial charge in [-0.05, 0) is 79.4 Å². The van der Waals surface area contributed by atoms with Gasteiger partial charge < -0.3 is 10.2 Å². The number of nitrogens with one attached hydrogen (secondary N) is 1. The molecule has 4 nitrogen and oxygen atoms in total. The Morgan fingerprint density at radius 3 is 2.68 bits per heavy atom. The monoisotopic (exact) mass is 530 g/mol. The van der Waals surface area contributed by atoms with Gasteiger partial charge in [-0.15, -0.1) is 0 Å². The number of aromatic nitrogens is 2. The summed E-state index contributed by atoms with van der Waals surface area (Å²) in [6.45, 7) is 4.43. The Labute approximate surface area is 229 Å². The fourth-order valence-corrected chi connectivity index (χ4v) is 5.32. The van der Waals surface area contributed by atoms with Crippen LogP contribution in [0.4, 0.5) is 11.6 Å². The molecule has 4 aromatic rings. The lowest BCUT2D eigenvalue weighted by Gasteiger charge is -2.27. The van der Waals surface area contributed by atoms with Crippen LogP contribution in [0.15, 0.2) is 72.9 Å². The predicted octanol–water partition coefficient (Wildman–Crippen LogP) is 8.16. The highest BCUT2D eigenvalue weighted by Gasteiger charge is 2.27. The molecule has 1 heterocycles. The zero-order valence-corrected chi connectivity index (χ0v) is 22.9. The van der Waals surface area contributed by atoms with Crippen molar-refractivity contribution in [1.29, 1.82) is 0 Å². The van der Waals surface area contributed by atoms with Crippen LogP contribution in [0.2, 0.25) is 10.0 Å². The number of fused-ring (bicyclic) bond motifs is 3. The van der Waals surface area contributed by atoms with Gasteiger partial charge in [0.25, 0.3) is 0 Å². The molecule has 0 radical (unpaired) electrons. The summed E-state index contributed by atoms with van der Waals surface area (Å²) in [6, 6.07) is 22.9. The first kappa shape index (κ1) is 25.7. The van der Waals surface area contributed by atoms with E-state index in [-0.39, 0.29) is 5.92 Å². The Bertz CT molecular complexity index is 1390. The minimum absolute atomic E-state index is 0.174. The number of rotatable bonds is 9. The largest absolute Gasteiger partial charge is 0.324 e. The number of hydrogen-bond acceptors (Lipinski definition) is 4. The van der Waals surface area contributed by atoms with Crippen LogP contribution in [0.3, 0.4) is 0 Å². The van der Waals surface area contributed by atoms with Gasteiger partial charge in [-0.3, -0.25) is 0 Å². The van der Waals surface area contributed by atoms with E-state index in [1.165, 1.54) is 24.0 Å². The summed E-state index contributed by atoms with van der Waals surface area (Å²) < 4.78 is 0. The van der Waals surface area contributed by atoms with Crippen molar-refractivity contribution in [3.05, 3.63) is 105 Å². The summed E-state index contributed by atoms with van der Waals surface area (Å²) in [7, 11) is 2.20. The van der Waals surface area contributed by atoms with Crippen LogP contribution in [-0.2, 0) is 12.8 Å². The molecule has 1 atom stereocenters. The van der Waals surface area contributed by atoms with E-state index in [0.29, 0.717) is 16.0 Å². The number of likely N-dealkylation sites (N-methyl/N-ethyl adjacent to an activating group) is 1. The van der Waals surface area contributed by atoms with Crippen LogP contribution in [0.5, 0.6) is 0 Å². The second-order valence-corrected chi connectivity index (χ2v) is 10.6. The topological polar surface area (TPSA) is 41.0 Å². The van der Waals surface area contributed by atoms with Crippen LogP contribution in [0, 0.1) is 0 Å². The molecule has 1 N–H and O–H groups in total. The molecule has 1 aliphatic rings. The third kappa shape index (κ3) is 5.98. The summed E-state index contributed by atoms with van der Waals surface area (Å²) in [4.78, 5) is 12.1. The zero-order chi connectivity index (χ0) is 25.8. The number of hydrogen-bond donors (Lipinski definition) is 1. The molecule has 1 aliphatic carbocycles. The lowest BCUT2D eigenvalue weighted by Crippen LogP contribution is -2.22. The first-order chi connectivity index (χ1) is 18.0. The van der Waals surface area contributed by atoms with Crippen molar-refractivity contribution in [2.45, 2.75) is 38.5 Å². The third-order valence-corrected chi connectivity index (χ3v) is 7.82. The molecule has 0 saturated heterocycles. The van der Waals surface area contributed by atoms with Crippen molar-refractivity contribution < 1.29 is 0 Å². The van der Waals surface area contributed by atoms with Gasteiger partial charge in [0.1, 0.15) is 0 Å². The number of anilines is 2. The summed E-state index contributed by atoms with van der Waals surface area (Å²) >= 11 is 12.5. The van der Waals surface area contributed by atoms with Crippen molar-refractivity contribution in [1.82, 2.24) is 14.9 Å². The minimum Gasteiger partial charge on any atom is -0.324 e. The van der Waals surface area contributed by atoms with E-state index in [2.05, 4.69) is 83.8 Å². The molecule has 0 amide bonds. The van der Waals surface area contributed by atoms with Crippen molar-refractivity contribution in [3.8, 4) is 11.3 Å². The lowest BCUT2D eigenvalue weighted by atomic mass is 9.78. The molecule has 1 aromatic heterocycles. The van der Waals surface area contributed by atoms with E-state index in [1.807, 2.05) is 18.3 Å². The van der Waals surface area contributed by atoms with E-state index in [9.17, 15) is 0 Å². The standard InChI is InChI=1S/C31H32Cl2N4/c1-3-4-15-37(2)16-14-21-8-7-9-24(17-21)35-31-34-20-23-18-27(22-12-13-28(32)29(33)19-22)25-10-5-6-11-26(25)30(23)36-31/h5-13,17,19-20,27H,3-4,14-16,18H2,1-2H3,(H,34,35,36). The molecule has 37 heavy (non-hydrogen) atoms. The number of unbranched alkanes of at least 4 members (excludes halogenated alkanes) is 1. The van der Waals surface area contributed by atoms with E-state index in [4.69, 9.17) is 28.2 Å². The SMILES string of the molecule is CCCCN(C)CCc1cccc(Nc2ncc3c(n2)-c2ccccc2C(c2ccc(Cl)c(Cl)c2)C3)c1.